The fraction of sp³-hybridized carbons (Fsp3) is 0.538. The maximum Gasteiger partial charge on any atom is 0.241 e. The van der Waals surface area contributed by atoms with Crippen molar-refractivity contribution < 1.29 is 4.74 Å². The van der Waals surface area contributed by atoms with E-state index in [-0.39, 0.29) is 5.95 Å². The molecular weight excluding hydrogens is 270 g/mol. The van der Waals surface area contributed by atoms with Crippen LogP contribution >= 0.6 is 0 Å². The molecule has 0 radical (unpaired) electrons. The Balaban J connectivity index is 1.77. The summed E-state index contributed by atoms with van der Waals surface area (Å²) in [5.41, 5.74) is 5.80. The number of piperidine rings is 1. The van der Waals surface area contributed by atoms with Gasteiger partial charge in [-0.15, -0.1) is 0 Å². The molecule has 0 aliphatic carbocycles. The van der Waals surface area contributed by atoms with E-state index in [1.54, 1.807) is 30.4 Å². The lowest BCUT2D eigenvalue weighted by molar-refractivity contribution is 0.139. The minimum absolute atomic E-state index is 0.225. The van der Waals surface area contributed by atoms with Crippen LogP contribution < -0.4 is 10.6 Å². The first-order chi connectivity index (χ1) is 10.3. The van der Waals surface area contributed by atoms with Crippen molar-refractivity contribution >= 4 is 11.9 Å². The third kappa shape index (κ3) is 3.10. The molecule has 2 aromatic rings. The van der Waals surface area contributed by atoms with Crippen molar-refractivity contribution in [2.24, 2.45) is 5.92 Å². The fourth-order valence-electron chi connectivity index (χ4n) is 2.54. The first-order valence-electron chi connectivity index (χ1n) is 7.00. The smallest absolute Gasteiger partial charge is 0.241 e. The quantitative estimate of drug-likeness (QED) is 0.875. The summed E-state index contributed by atoms with van der Waals surface area (Å²) >= 11 is 0. The fourth-order valence-corrected chi connectivity index (χ4v) is 2.54. The largest absolute Gasteiger partial charge is 0.384 e. The number of nitrogen functional groups attached to an aromatic ring is 1. The summed E-state index contributed by atoms with van der Waals surface area (Å²) in [6.45, 7) is 2.62. The predicted molar refractivity (Wildman–Crippen MR) is 78.2 cm³/mol. The van der Waals surface area contributed by atoms with E-state index in [1.165, 1.54) is 0 Å². The molecule has 1 fully saturated rings. The van der Waals surface area contributed by atoms with Gasteiger partial charge in [-0.25, -0.2) is 4.98 Å². The van der Waals surface area contributed by atoms with Gasteiger partial charge < -0.3 is 15.4 Å². The summed E-state index contributed by atoms with van der Waals surface area (Å²) in [6, 6.07) is 0. The highest BCUT2D eigenvalue weighted by molar-refractivity contribution is 5.38. The van der Waals surface area contributed by atoms with Gasteiger partial charge in [0.1, 0.15) is 6.33 Å². The highest BCUT2D eigenvalue weighted by atomic mass is 16.5. The molecule has 112 valence electrons. The second-order valence-electron chi connectivity index (χ2n) is 5.15. The lowest BCUT2D eigenvalue weighted by atomic mass is 9.98. The minimum atomic E-state index is 0.225. The van der Waals surface area contributed by atoms with Crippen molar-refractivity contribution in [1.82, 2.24) is 24.5 Å². The highest BCUT2D eigenvalue weighted by Gasteiger charge is 2.22. The number of hydrogen-bond donors (Lipinski definition) is 1. The first kappa shape index (κ1) is 13.7. The number of methoxy groups -OCH3 is 1. The Bertz CT molecular complexity index is 578. The van der Waals surface area contributed by atoms with Crippen molar-refractivity contribution in [1.29, 1.82) is 0 Å². The lowest BCUT2D eigenvalue weighted by Gasteiger charge is -2.31. The number of nitrogens with two attached hydrogens (primary N) is 1. The van der Waals surface area contributed by atoms with Crippen LogP contribution in [0.25, 0.3) is 5.95 Å². The molecule has 1 saturated heterocycles. The lowest BCUT2D eigenvalue weighted by Crippen LogP contribution is -2.36. The highest BCUT2D eigenvalue weighted by Crippen LogP contribution is 2.21. The summed E-state index contributed by atoms with van der Waals surface area (Å²) in [4.78, 5) is 19.0. The van der Waals surface area contributed by atoms with Gasteiger partial charge in [0.05, 0.1) is 0 Å². The van der Waals surface area contributed by atoms with Gasteiger partial charge in [0.15, 0.2) is 0 Å². The number of hydrogen-bond acceptors (Lipinski definition) is 7. The van der Waals surface area contributed by atoms with Crippen LogP contribution in [0.5, 0.6) is 0 Å². The van der Waals surface area contributed by atoms with Crippen molar-refractivity contribution in [3.63, 3.8) is 0 Å². The standard InChI is InChI=1S/C13H19N7O/c1-21-8-10-2-5-19(6-3-10)12-16-11(14)17-13(18-12)20-7-4-15-9-20/h4,7,9-10H,2-3,5-6,8H2,1H3,(H2,14,16,17,18). The molecule has 0 atom stereocenters. The van der Waals surface area contributed by atoms with Gasteiger partial charge >= 0.3 is 0 Å². The maximum atomic E-state index is 5.80. The van der Waals surface area contributed by atoms with Gasteiger partial charge in [-0.05, 0) is 18.8 Å². The monoisotopic (exact) mass is 289 g/mol. The number of nitrogens with zero attached hydrogens (tertiary/aromatic N) is 6. The molecule has 0 spiro atoms. The van der Waals surface area contributed by atoms with E-state index in [0.29, 0.717) is 17.8 Å². The minimum Gasteiger partial charge on any atom is -0.384 e. The number of rotatable bonds is 4. The average Bonchev–Trinajstić information content (AvgIpc) is 3.02. The summed E-state index contributed by atoms with van der Waals surface area (Å²) in [7, 11) is 1.75. The van der Waals surface area contributed by atoms with Gasteiger partial charge in [0.2, 0.25) is 17.8 Å². The number of aromatic nitrogens is 5. The molecule has 1 aliphatic heterocycles. The Morgan fingerprint density at radius 3 is 2.67 bits per heavy atom. The zero-order valence-corrected chi connectivity index (χ0v) is 12.0. The summed E-state index contributed by atoms with van der Waals surface area (Å²) in [5, 5.41) is 0. The van der Waals surface area contributed by atoms with Crippen molar-refractivity contribution in [2.75, 3.05) is 37.4 Å². The molecule has 3 rings (SSSR count). The number of ether oxygens (including phenoxy) is 1. The maximum absolute atomic E-state index is 5.80. The van der Waals surface area contributed by atoms with Crippen molar-refractivity contribution in [3.8, 4) is 5.95 Å². The Labute approximate surface area is 123 Å². The topological polar surface area (TPSA) is 95.0 Å². The first-order valence-corrected chi connectivity index (χ1v) is 7.00. The second kappa shape index (κ2) is 6.04. The van der Waals surface area contributed by atoms with E-state index in [2.05, 4.69) is 24.8 Å². The normalized spacial score (nSPS) is 16.3. The average molecular weight is 289 g/mol. The van der Waals surface area contributed by atoms with Crippen LogP contribution in [0.4, 0.5) is 11.9 Å². The molecule has 8 nitrogen and oxygen atoms in total. The molecule has 2 aromatic heterocycles. The molecule has 0 saturated carbocycles. The summed E-state index contributed by atoms with van der Waals surface area (Å²) in [6.07, 6.45) is 7.24. The van der Waals surface area contributed by atoms with Crippen molar-refractivity contribution in [2.45, 2.75) is 12.8 Å². The Kier molecular flexibility index (Phi) is 3.96. The molecule has 21 heavy (non-hydrogen) atoms. The van der Waals surface area contributed by atoms with Crippen LogP contribution in [0.3, 0.4) is 0 Å². The summed E-state index contributed by atoms with van der Waals surface area (Å²) < 4.78 is 6.94. The van der Waals surface area contributed by atoms with Gasteiger partial charge in [-0.3, -0.25) is 4.57 Å². The van der Waals surface area contributed by atoms with Gasteiger partial charge in [0.25, 0.3) is 0 Å². The predicted octanol–water partition coefficient (Wildman–Crippen LogP) is 0.502. The van der Waals surface area contributed by atoms with Crippen LogP contribution in [0.2, 0.25) is 0 Å². The third-order valence-electron chi connectivity index (χ3n) is 3.66. The van der Waals surface area contributed by atoms with Crippen LogP contribution in [0, 0.1) is 5.92 Å². The number of anilines is 2. The van der Waals surface area contributed by atoms with Gasteiger partial charge in [0, 0.05) is 39.2 Å². The van der Waals surface area contributed by atoms with E-state index >= 15 is 0 Å². The molecule has 0 amide bonds. The molecular formula is C13H19N7O. The molecule has 1 aliphatic rings. The number of imidazole rings is 1. The van der Waals surface area contributed by atoms with E-state index in [0.717, 1.165) is 32.5 Å². The SMILES string of the molecule is COCC1CCN(c2nc(N)nc(-n3ccnc3)n2)CC1. The molecule has 0 bridgehead atoms. The molecule has 0 aromatic carbocycles. The van der Waals surface area contributed by atoms with Crippen LogP contribution in [0.1, 0.15) is 12.8 Å². The summed E-state index contributed by atoms with van der Waals surface area (Å²) in [5.74, 6) is 1.96. The van der Waals surface area contributed by atoms with E-state index in [9.17, 15) is 0 Å². The zero-order chi connectivity index (χ0) is 14.7. The van der Waals surface area contributed by atoms with Crippen LogP contribution in [0.15, 0.2) is 18.7 Å². The van der Waals surface area contributed by atoms with Crippen LogP contribution in [-0.2, 0) is 4.74 Å². The molecule has 8 heteroatoms. The van der Waals surface area contributed by atoms with Gasteiger partial charge in [-0.1, -0.05) is 0 Å². The van der Waals surface area contributed by atoms with Crippen LogP contribution in [-0.4, -0.2) is 51.3 Å². The molecule has 0 unspecified atom stereocenters. The Morgan fingerprint density at radius 2 is 2.00 bits per heavy atom. The zero-order valence-electron chi connectivity index (χ0n) is 12.0. The molecule has 2 N–H and O–H groups in total. The van der Waals surface area contributed by atoms with E-state index in [4.69, 9.17) is 10.5 Å². The van der Waals surface area contributed by atoms with E-state index < -0.39 is 0 Å². The Morgan fingerprint density at radius 1 is 1.24 bits per heavy atom. The van der Waals surface area contributed by atoms with E-state index in [1.807, 2.05) is 0 Å². The Hall–Kier alpha value is -2.22. The third-order valence-corrected chi connectivity index (χ3v) is 3.66. The van der Waals surface area contributed by atoms with Gasteiger partial charge in [-0.2, -0.15) is 15.0 Å². The molecule has 3 heterocycles. The second-order valence-corrected chi connectivity index (χ2v) is 5.15. The van der Waals surface area contributed by atoms with Crippen molar-refractivity contribution in [3.05, 3.63) is 18.7 Å².